The summed E-state index contributed by atoms with van der Waals surface area (Å²) in [5.41, 5.74) is 3.62. The molecular weight excluding hydrogens is 669 g/mol. The lowest BCUT2D eigenvalue weighted by Crippen LogP contribution is -2.05. The highest BCUT2D eigenvalue weighted by atomic mass is 15.1. The number of rotatable bonds is 5. The van der Waals surface area contributed by atoms with E-state index in [9.17, 15) is 5.48 Å². The fourth-order valence-electron chi connectivity index (χ4n) is 7.85. The highest BCUT2D eigenvalue weighted by Crippen LogP contribution is 2.43. The van der Waals surface area contributed by atoms with Crippen molar-refractivity contribution < 1.29 is 11.0 Å². The molecule has 0 aliphatic rings. The predicted octanol–water partition coefficient (Wildman–Crippen LogP) is 13.1. The van der Waals surface area contributed by atoms with Gasteiger partial charge in [0.1, 0.15) is 0 Å². The van der Waals surface area contributed by atoms with Crippen LogP contribution in [-0.4, -0.2) is 19.5 Å². The van der Waals surface area contributed by atoms with E-state index in [1.807, 2.05) is 109 Å². The number of nitrogens with zero attached hydrogens (tertiary/aromatic N) is 4. The zero-order valence-corrected chi connectivity index (χ0v) is 29.1. The summed E-state index contributed by atoms with van der Waals surface area (Å²) in [7, 11) is 0. The smallest absolute Gasteiger partial charge is 0.166 e. The second-order valence-corrected chi connectivity index (χ2v) is 13.4. The molecular formula is C51H32N4. The van der Waals surface area contributed by atoms with Gasteiger partial charge in [-0.25, -0.2) is 15.0 Å². The lowest BCUT2D eigenvalue weighted by atomic mass is 9.91. The van der Waals surface area contributed by atoms with Gasteiger partial charge in [-0.15, -0.1) is 0 Å². The zero-order chi connectivity index (χ0) is 43.3. The summed E-state index contributed by atoms with van der Waals surface area (Å²) in [6.07, 6.45) is 0. The number of hydrogen-bond acceptors (Lipinski definition) is 3. The van der Waals surface area contributed by atoms with Crippen molar-refractivity contribution in [1.29, 1.82) is 0 Å². The van der Waals surface area contributed by atoms with E-state index in [4.69, 9.17) is 20.4 Å². The minimum atomic E-state index is -0.515. The maximum absolute atomic E-state index is 9.45. The first-order chi connectivity index (χ1) is 30.6. The van der Waals surface area contributed by atoms with Crippen molar-refractivity contribution in [3.05, 3.63) is 194 Å². The Hall–Kier alpha value is -7.43. The molecule has 256 valence electrons. The summed E-state index contributed by atoms with van der Waals surface area (Å²) in [5, 5.41) is 6.34. The Morgan fingerprint density at radius 3 is 1.36 bits per heavy atom. The topological polar surface area (TPSA) is 43.6 Å². The van der Waals surface area contributed by atoms with E-state index in [1.165, 1.54) is 0 Å². The number of benzene rings is 9. The van der Waals surface area contributed by atoms with E-state index < -0.39 is 48.3 Å². The second-order valence-electron chi connectivity index (χ2n) is 13.4. The first-order valence-electron chi connectivity index (χ1n) is 22.0. The van der Waals surface area contributed by atoms with E-state index in [1.54, 1.807) is 4.57 Å². The van der Waals surface area contributed by atoms with E-state index in [2.05, 4.69) is 36.4 Å². The van der Waals surface area contributed by atoms with E-state index in [0.29, 0.717) is 28.5 Å². The maximum Gasteiger partial charge on any atom is 0.166 e. The molecule has 0 unspecified atom stereocenters. The number of hydrogen-bond donors (Lipinski definition) is 0. The first kappa shape index (κ1) is 24.0. The van der Waals surface area contributed by atoms with Crippen molar-refractivity contribution in [3.63, 3.8) is 0 Å². The summed E-state index contributed by atoms with van der Waals surface area (Å²) >= 11 is 0. The Labute approximate surface area is 328 Å². The maximum atomic E-state index is 9.45. The molecule has 0 saturated heterocycles. The minimum Gasteiger partial charge on any atom is -0.308 e. The van der Waals surface area contributed by atoms with Crippen LogP contribution in [0.25, 0.3) is 105 Å². The van der Waals surface area contributed by atoms with Crippen molar-refractivity contribution in [2.24, 2.45) is 0 Å². The zero-order valence-electron chi connectivity index (χ0n) is 37.1. The van der Waals surface area contributed by atoms with Crippen LogP contribution in [0.15, 0.2) is 194 Å². The van der Waals surface area contributed by atoms with Crippen LogP contribution in [0, 0.1) is 0 Å². The molecule has 0 saturated carbocycles. The Balaban J connectivity index is 1.34. The summed E-state index contributed by atoms with van der Waals surface area (Å²) < 4.78 is 74.1. The van der Waals surface area contributed by atoms with Crippen molar-refractivity contribution in [2.75, 3.05) is 0 Å². The van der Waals surface area contributed by atoms with Crippen LogP contribution < -0.4 is 0 Å². The molecule has 0 aliphatic carbocycles. The van der Waals surface area contributed by atoms with Crippen molar-refractivity contribution in [3.8, 4) is 51.0 Å². The molecule has 0 N–H and O–H groups in total. The predicted molar refractivity (Wildman–Crippen MR) is 228 cm³/mol. The van der Waals surface area contributed by atoms with Crippen molar-refractivity contribution in [2.45, 2.75) is 0 Å². The monoisotopic (exact) mass is 708 g/mol. The average molecular weight is 709 g/mol. The normalized spacial score (nSPS) is 13.7. The largest absolute Gasteiger partial charge is 0.308 e. The molecule has 11 aromatic rings. The number of aromatic nitrogens is 4. The summed E-state index contributed by atoms with van der Waals surface area (Å²) in [4.78, 5) is 15.1. The molecule has 2 heterocycles. The molecule has 0 fully saturated rings. The lowest BCUT2D eigenvalue weighted by molar-refractivity contribution is 1.06. The molecule has 4 nitrogen and oxygen atoms in total. The van der Waals surface area contributed by atoms with Crippen LogP contribution in [0.3, 0.4) is 0 Å². The standard InChI is InChI=1S/C51H32N4/c1-3-16-33(17-4-1)49-52-50(34-18-5-2-6-19-34)54-51(53-49)44-27-15-26-36(48(44)55-46-28-13-11-24-42(46)43-25-12-14-29-47(43)55)35-30-31-41-39-22-8-7-20-37(39)38-21-9-10-23-40(38)45(41)32-35/h1-32H/i11D,12D,13D,14D,24D,25D,28D,29D. The quantitative estimate of drug-likeness (QED) is 0.167. The van der Waals surface area contributed by atoms with Gasteiger partial charge in [0.25, 0.3) is 0 Å². The van der Waals surface area contributed by atoms with Crippen molar-refractivity contribution >= 4 is 54.1 Å². The first-order valence-corrected chi connectivity index (χ1v) is 18.0. The van der Waals surface area contributed by atoms with Gasteiger partial charge in [-0.1, -0.05) is 170 Å². The van der Waals surface area contributed by atoms with Gasteiger partial charge in [0.05, 0.1) is 27.7 Å². The SMILES string of the molecule is [2H]c1c([2H])c([2H])c2c(c1[2H])c1c([2H])c([2H])c([2H])c([2H])c1n2-c1c(-c2ccc3c4ccccc4c4ccccc4c3c2)cccc1-c1nc(-c2ccccc2)nc(-c2ccccc2)n1. The van der Waals surface area contributed by atoms with Crippen LogP contribution in [0.2, 0.25) is 0 Å². The van der Waals surface area contributed by atoms with Crippen LogP contribution in [-0.2, 0) is 0 Å². The molecule has 9 aromatic carbocycles. The Morgan fingerprint density at radius 2 is 0.800 bits per heavy atom. The van der Waals surface area contributed by atoms with Crippen LogP contribution in [0.5, 0.6) is 0 Å². The van der Waals surface area contributed by atoms with Gasteiger partial charge < -0.3 is 4.57 Å². The Bertz CT molecular complexity index is 3550. The molecule has 0 radical (unpaired) electrons. The molecule has 0 bridgehead atoms. The summed E-state index contributed by atoms with van der Waals surface area (Å²) in [5.74, 6) is 1.03. The Morgan fingerprint density at radius 1 is 0.345 bits per heavy atom. The average Bonchev–Trinajstić information content (AvgIpc) is 3.70. The molecule has 0 spiro atoms. The number of para-hydroxylation sites is 3. The highest BCUT2D eigenvalue weighted by molar-refractivity contribution is 6.26. The molecule has 0 atom stereocenters. The van der Waals surface area contributed by atoms with Gasteiger partial charge >= 0.3 is 0 Å². The fraction of sp³-hybridized carbons (Fsp3) is 0. The van der Waals surface area contributed by atoms with E-state index >= 15 is 0 Å². The molecule has 0 amide bonds. The van der Waals surface area contributed by atoms with Crippen LogP contribution in [0.4, 0.5) is 0 Å². The van der Waals surface area contributed by atoms with Crippen molar-refractivity contribution in [1.82, 2.24) is 19.5 Å². The number of fused-ring (bicyclic) bond motifs is 9. The third-order valence-corrected chi connectivity index (χ3v) is 10.3. The van der Waals surface area contributed by atoms with E-state index in [0.717, 1.165) is 49.0 Å². The minimum absolute atomic E-state index is 0.00504. The Kier molecular flexibility index (Phi) is 5.50. The summed E-state index contributed by atoms with van der Waals surface area (Å²) in [6, 6.07) is 43.8. The van der Waals surface area contributed by atoms with Crippen LogP contribution in [0.1, 0.15) is 11.0 Å². The lowest BCUT2D eigenvalue weighted by Gasteiger charge is -2.19. The molecule has 2 aromatic heterocycles. The second kappa shape index (κ2) is 12.6. The molecule has 4 heteroatoms. The van der Waals surface area contributed by atoms with Gasteiger partial charge in [-0.3, -0.25) is 0 Å². The van der Waals surface area contributed by atoms with E-state index in [-0.39, 0.29) is 27.6 Å². The van der Waals surface area contributed by atoms with Crippen LogP contribution >= 0.6 is 0 Å². The highest BCUT2D eigenvalue weighted by Gasteiger charge is 2.23. The van der Waals surface area contributed by atoms with Gasteiger partial charge in [-0.05, 0) is 62.1 Å². The third-order valence-electron chi connectivity index (χ3n) is 10.3. The molecule has 0 aliphatic heterocycles. The molecule has 11 rings (SSSR count). The summed E-state index contributed by atoms with van der Waals surface area (Å²) in [6.45, 7) is 0. The van der Waals surface area contributed by atoms with Gasteiger partial charge in [-0.2, -0.15) is 0 Å². The third kappa shape index (κ3) is 5.03. The van der Waals surface area contributed by atoms with Gasteiger partial charge in [0.2, 0.25) is 0 Å². The fourth-order valence-corrected chi connectivity index (χ4v) is 7.85. The van der Waals surface area contributed by atoms with Gasteiger partial charge in [0, 0.05) is 33.0 Å². The van der Waals surface area contributed by atoms with Gasteiger partial charge in [0.15, 0.2) is 17.5 Å². The molecule has 55 heavy (non-hydrogen) atoms.